The van der Waals surface area contributed by atoms with Crippen LogP contribution in [0.5, 0.6) is 0 Å². The third-order valence-corrected chi connectivity index (χ3v) is 5.96. The molecule has 1 aliphatic rings. The first kappa shape index (κ1) is 16.9. The van der Waals surface area contributed by atoms with Crippen LogP contribution in [0.1, 0.15) is 81.8 Å². The number of aromatic nitrogens is 1. The molecule has 0 unspecified atom stereocenters. The maximum absolute atomic E-state index is 6.25. The Morgan fingerprint density at radius 3 is 2.29 bits per heavy atom. The number of nitrogens with two attached hydrogens (primary N) is 1. The van der Waals surface area contributed by atoms with Crippen molar-refractivity contribution in [2.75, 3.05) is 6.61 Å². The van der Waals surface area contributed by atoms with Gasteiger partial charge in [0.2, 0.25) is 0 Å². The van der Waals surface area contributed by atoms with Gasteiger partial charge in [-0.25, -0.2) is 4.98 Å². The van der Waals surface area contributed by atoms with Gasteiger partial charge in [0.1, 0.15) is 10.6 Å². The van der Waals surface area contributed by atoms with Gasteiger partial charge < -0.3 is 10.5 Å². The molecular weight excluding hydrogens is 280 g/mol. The molecule has 21 heavy (non-hydrogen) atoms. The van der Waals surface area contributed by atoms with Crippen LogP contribution < -0.4 is 5.73 Å². The quantitative estimate of drug-likeness (QED) is 0.867. The summed E-state index contributed by atoms with van der Waals surface area (Å²) in [5.41, 5.74) is 7.34. The standard InChI is InChI=1S/C17H30N2OS/c1-6-20-17(9-7-16(4,5)8-10-17)15-19-14(12(2)3)13(11-18)21-15/h12H,6-11,18H2,1-5H3. The van der Waals surface area contributed by atoms with Crippen molar-refractivity contribution in [2.45, 2.75) is 78.4 Å². The number of nitrogens with zero attached hydrogens (tertiary/aromatic N) is 1. The van der Waals surface area contributed by atoms with Crippen LogP contribution in [-0.4, -0.2) is 11.6 Å². The summed E-state index contributed by atoms with van der Waals surface area (Å²) in [4.78, 5) is 6.18. The molecule has 1 saturated carbocycles. The Kier molecular flexibility index (Phi) is 5.11. The van der Waals surface area contributed by atoms with E-state index in [2.05, 4.69) is 34.6 Å². The first-order chi connectivity index (χ1) is 9.83. The average Bonchev–Trinajstić information content (AvgIpc) is 2.86. The van der Waals surface area contributed by atoms with Crippen molar-refractivity contribution in [3.63, 3.8) is 0 Å². The van der Waals surface area contributed by atoms with E-state index in [1.54, 1.807) is 11.3 Å². The summed E-state index contributed by atoms with van der Waals surface area (Å²) >= 11 is 1.77. The summed E-state index contributed by atoms with van der Waals surface area (Å²) < 4.78 is 6.25. The van der Waals surface area contributed by atoms with E-state index >= 15 is 0 Å². The maximum atomic E-state index is 6.25. The van der Waals surface area contributed by atoms with Gasteiger partial charge in [-0.1, -0.05) is 27.7 Å². The van der Waals surface area contributed by atoms with E-state index in [1.807, 2.05) is 0 Å². The van der Waals surface area contributed by atoms with Gasteiger partial charge in [-0.05, 0) is 43.9 Å². The minimum Gasteiger partial charge on any atom is -0.368 e. The second-order valence-electron chi connectivity index (χ2n) is 7.28. The Labute approximate surface area is 133 Å². The number of rotatable bonds is 5. The third-order valence-electron chi connectivity index (χ3n) is 4.68. The summed E-state index contributed by atoms with van der Waals surface area (Å²) in [6, 6.07) is 0. The first-order valence-corrected chi connectivity index (χ1v) is 8.99. The maximum Gasteiger partial charge on any atom is 0.125 e. The lowest BCUT2D eigenvalue weighted by Gasteiger charge is -2.42. The van der Waals surface area contributed by atoms with E-state index < -0.39 is 0 Å². The lowest BCUT2D eigenvalue weighted by molar-refractivity contribution is -0.0891. The topological polar surface area (TPSA) is 48.1 Å². The van der Waals surface area contributed by atoms with Crippen molar-refractivity contribution in [3.05, 3.63) is 15.6 Å². The van der Waals surface area contributed by atoms with Crippen molar-refractivity contribution < 1.29 is 4.74 Å². The van der Waals surface area contributed by atoms with E-state index in [-0.39, 0.29) is 5.60 Å². The van der Waals surface area contributed by atoms with Crippen molar-refractivity contribution in [1.82, 2.24) is 4.98 Å². The molecule has 1 aromatic heterocycles. The molecule has 1 aliphatic carbocycles. The van der Waals surface area contributed by atoms with Crippen molar-refractivity contribution in [3.8, 4) is 0 Å². The molecule has 0 spiro atoms. The minimum absolute atomic E-state index is 0.175. The van der Waals surface area contributed by atoms with Crippen LogP contribution in [0, 0.1) is 5.41 Å². The highest BCUT2D eigenvalue weighted by atomic mass is 32.1. The number of hydrogen-bond acceptors (Lipinski definition) is 4. The van der Waals surface area contributed by atoms with Gasteiger partial charge in [0, 0.05) is 18.0 Å². The second-order valence-corrected chi connectivity index (χ2v) is 8.36. The first-order valence-electron chi connectivity index (χ1n) is 8.17. The molecule has 0 aliphatic heterocycles. The number of thiazole rings is 1. The Hall–Kier alpha value is -0.450. The monoisotopic (exact) mass is 310 g/mol. The van der Waals surface area contributed by atoms with Gasteiger partial charge >= 0.3 is 0 Å². The van der Waals surface area contributed by atoms with Crippen LogP contribution >= 0.6 is 11.3 Å². The lowest BCUT2D eigenvalue weighted by Crippen LogP contribution is -2.37. The van der Waals surface area contributed by atoms with Gasteiger partial charge in [0.25, 0.3) is 0 Å². The zero-order chi connectivity index (χ0) is 15.7. The van der Waals surface area contributed by atoms with Crippen LogP contribution in [0.15, 0.2) is 0 Å². The molecule has 0 aromatic carbocycles. The summed E-state index contributed by atoms with van der Waals surface area (Å²) in [7, 11) is 0. The Morgan fingerprint density at radius 2 is 1.86 bits per heavy atom. The number of hydrogen-bond donors (Lipinski definition) is 1. The lowest BCUT2D eigenvalue weighted by atomic mass is 9.71. The van der Waals surface area contributed by atoms with Gasteiger partial charge in [-0.15, -0.1) is 11.3 Å². The molecule has 0 atom stereocenters. The molecule has 0 saturated heterocycles. The smallest absolute Gasteiger partial charge is 0.125 e. The fourth-order valence-electron chi connectivity index (χ4n) is 3.18. The fourth-order valence-corrected chi connectivity index (χ4v) is 4.48. The number of ether oxygens (including phenoxy) is 1. The molecular formula is C17H30N2OS. The van der Waals surface area contributed by atoms with E-state index in [1.165, 1.54) is 23.4 Å². The Balaban J connectivity index is 2.35. The predicted molar refractivity (Wildman–Crippen MR) is 89.6 cm³/mol. The molecule has 2 N–H and O–H groups in total. The van der Waals surface area contributed by atoms with Crippen molar-refractivity contribution in [1.29, 1.82) is 0 Å². The zero-order valence-corrected chi connectivity index (χ0v) is 15.0. The molecule has 1 heterocycles. The molecule has 0 amide bonds. The molecule has 3 nitrogen and oxygen atoms in total. The van der Waals surface area contributed by atoms with Crippen molar-refractivity contribution >= 4 is 11.3 Å². The van der Waals surface area contributed by atoms with E-state index in [0.29, 0.717) is 17.9 Å². The van der Waals surface area contributed by atoms with Crippen LogP contribution in [0.3, 0.4) is 0 Å². The summed E-state index contributed by atoms with van der Waals surface area (Å²) in [5, 5.41) is 1.16. The van der Waals surface area contributed by atoms with E-state index in [9.17, 15) is 0 Å². The van der Waals surface area contributed by atoms with Gasteiger partial charge in [0.05, 0.1) is 5.69 Å². The SMILES string of the molecule is CCOC1(c2nc(C(C)C)c(CN)s2)CCC(C)(C)CC1. The van der Waals surface area contributed by atoms with Crippen LogP contribution in [0.4, 0.5) is 0 Å². The van der Waals surface area contributed by atoms with Crippen LogP contribution in [0.25, 0.3) is 0 Å². The molecule has 4 heteroatoms. The highest BCUT2D eigenvalue weighted by molar-refractivity contribution is 7.11. The minimum atomic E-state index is -0.175. The molecule has 1 aromatic rings. The van der Waals surface area contributed by atoms with Gasteiger partial charge in [-0.2, -0.15) is 0 Å². The summed E-state index contributed by atoms with van der Waals surface area (Å²) in [6.07, 6.45) is 4.54. The fraction of sp³-hybridized carbons (Fsp3) is 0.824. The highest BCUT2D eigenvalue weighted by Gasteiger charge is 2.43. The van der Waals surface area contributed by atoms with Crippen LogP contribution in [0.2, 0.25) is 0 Å². The van der Waals surface area contributed by atoms with Gasteiger partial charge in [-0.3, -0.25) is 0 Å². The molecule has 0 radical (unpaired) electrons. The molecule has 1 fully saturated rings. The Morgan fingerprint density at radius 1 is 1.24 bits per heavy atom. The van der Waals surface area contributed by atoms with E-state index in [0.717, 1.165) is 24.5 Å². The summed E-state index contributed by atoms with van der Waals surface area (Å²) in [5.74, 6) is 0.423. The van der Waals surface area contributed by atoms with E-state index in [4.69, 9.17) is 15.5 Å². The Bertz CT molecular complexity index is 469. The van der Waals surface area contributed by atoms with Crippen molar-refractivity contribution in [2.24, 2.45) is 11.1 Å². The van der Waals surface area contributed by atoms with Crippen LogP contribution in [-0.2, 0) is 16.9 Å². The molecule has 0 bridgehead atoms. The highest BCUT2D eigenvalue weighted by Crippen LogP contribution is 2.49. The van der Waals surface area contributed by atoms with Gasteiger partial charge in [0.15, 0.2) is 0 Å². The zero-order valence-electron chi connectivity index (χ0n) is 14.2. The molecule has 120 valence electrons. The predicted octanol–water partition coefficient (Wildman–Crippen LogP) is 4.56. The normalized spacial score (nSPS) is 20.9. The largest absolute Gasteiger partial charge is 0.368 e. The molecule has 2 rings (SSSR count). The second kappa shape index (κ2) is 6.35. The summed E-state index contributed by atoms with van der Waals surface area (Å²) in [6.45, 7) is 12.5. The average molecular weight is 311 g/mol. The third kappa shape index (κ3) is 3.49.